The molecule has 0 heterocycles. The molecule has 0 bridgehead atoms. The van der Waals surface area contributed by atoms with Gasteiger partial charge in [-0.1, -0.05) is 25.4 Å². The third-order valence-electron chi connectivity index (χ3n) is 2.57. The molecule has 0 radical (unpaired) electrons. The fourth-order valence-electron chi connectivity index (χ4n) is 1.46. The Hall–Kier alpha value is -1.82. The van der Waals surface area contributed by atoms with Crippen molar-refractivity contribution in [2.75, 3.05) is 12.3 Å². The predicted octanol–water partition coefficient (Wildman–Crippen LogP) is 2.61. The molecule has 0 unspecified atom stereocenters. The molecule has 0 saturated carbocycles. The Bertz CT molecular complexity index is 503. The van der Waals surface area contributed by atoms with E-state index >= 15 is 0 Å². The molecule has 1 rings (SSSR count). The van der Waals surface area contributed by atoms with Crippen molar-refractivity contribution in [3.63, 3.8) is 0 Å². The van der Waals surface area contributed by atoms with Gasteiger partial charge in [-0.2, -0.15) is 0 Å². The van der Waals surface area contributed by atoms with E-state index in [-0.39, 0.29) is 22.0 Å². The van der Waals surface area contributed by atoms with Crippen molar-refractivity contribution >= 4 is 28.9 Å². The molecule has 0 aliphatic carbocycles. The number of carbonyl (C=O) groups excluding carboxylic acids is 1. The lowest BCUT2D eigenvalue weighted by molar-refractivity contribution is -0.383. The molecule has 6 nitrogen and oxygen atoms in total. The molecule has 19 heavy (non-hydrogen) atoms. The van der Waals surface area contributed by atoms with Crippen LogP contribution < -0.4 is 11.1 Å². The minimum Gasteiger partial charge on any atom is -0.392 e. The summed E-state index contributed by atoms with van der Waals surface area (Å²) < 4.78 is 0. The summed E-state index contributed by atoms with van der Waals surface area (Å²) in [4.78, 5) is 22.0. The Balaban J connectivity index is 2.89. The number of nitro groups is 1. The van der Waals surface area contributed by atoms with Crippen LogP contribution in [0.25, 0.3) is 0 Å². The third-order valence-corrected chi connectivity index (χ3v) is 2.89. The maximum absolute atomic E-state index is 11.8. The highest BCUT2D eigenvalue weighted by Gasteiger charge is 2.19. The summed E-state index contributed by atoms with van der Waals surface area (Å²) in [7, 11) is 0. The summed E-state index contributed by atoms with van der Waals surface area (Å²) >= 11 is 5.78. The topological polar surface area (TPSA) is 98.3 Å². The van der Waals surface area contributed by atoms with Gasteiger partial charge in [0.1, 0.15) is 5.69 Å². The number of nitrogens with one attached hydrogen (secondary N) is 1. The van der Waals surface area contributed by atoms with Crippen molar-refractivity contribution in [3.8, 4) is 0 Å². The minimum absolute atomic E-state index is 0.00297. The first kappa shape index (κ1) is 15.2. The Labute approximate surface area is 116 Å². The van der Waals surface area contributed by atoms with Crippen molar-refractivity contribution in [1.29, 1.82) is 0 Å². The molecule has 1 amide bonds. The van der Waals surface area contributed by atoms with Crippen LogP contribution in [0.15, 0.2) is 12.1 Å². The number of benzene rings is 1. The molecule has 0 fully saturated rings. The predicted molar refractivity (Wildman–Crippen MR) is 74.3 cm³/mol. The molecular formula is C12H16ClN3O3. The normalized spacial score (nSPS) is 10.5. The van der Waals surface area contributed by atoms with Gasteiger partial charge < -0.3 is 11.1 Å². The SMILES string of the molecule is CC(C)CCNC(=O)c1cc(Cl)c(N)c([N+](=O)[O-])c1. The fourth-order valence-corrected chi connectivity index (χ4v) is 1.68. The lowest BCUT2D eigenvalue weighted by Crippen LogP contribution is -2.25. The second-order valence-corrected chi connectivity index (χ2v) is 4.99. The van der Waals surface area contributed by atoms with Crippen LogP contribution >= 0.6 is 11.6 Å². The number of nitrogens with two attached hydrogens (primary N) is 1. The Kier molecular flexibility index (Phi) is 5.11. The summed E-state index contributed by atoms with van der Waals surface area (Å²) in [6.45, 7) is 4.58. The number of amides is 1. The van der Waals surface area contributed by atoms with E-state index in [0.29, 0.717) is 12.5 Å². The maximum atomic E-state index is 11.8. The van der Waals surface area contributed by atoms with Gasteiger partial charge in [0.2, 0.25) is 0 Å². The van der Waals surface area contributed by atoms with Crippen LogP contribution in [0, 0.1) is 16.0 Å². The molecular weight excluding hydrogens is 270 g/mol. The summed E-state index contributed by atoms with van der Waals surface area (Å²) in [6.07, 6.45) is 0.830. The molecule has 0 aliphatic rings. The van der Waals surface area contributed by atoms with Crippen LogP contribution in [0.5, 0.6) is 0 Å². The van der Waals surface area contributed by atoms with Crippen molar-refractivity contribution < 1.29 is 9.72 Å². The van der Waals surface area contributed by atoms with Crippen molar-refractivity contribution in [1.82, 2.24) is 5.32 Å². The molecule has 1 aromatic carbocycles. The molecule has 0 aliphatic heterocycles. The van der Waals surface area contributed by atoms with Gasteiger partial charge in [-0.15, -0.1) is 0 Å². The number of hydrogen-bond acceptors (Lipinski definition) is 4. The van der Waals surface area contributed by atoms with Gasteiger partial charge in [0.15, 0.2) is 0 Å². The molecule has 104 valence electrons. The van der Waals surface area contributed by atoms with E-state index in [0.717, 1.165) is 12.5 Å². The highest BCUT2D eigenvalue weighted by Crippen LogP contribution is 2.30. The first-order valence-corrected chi connectivity index (χ1v) is 6.22. The van der Waals surface area contributed by atoms with Crippen LogP contribution in [-0.4, -0.2) is 17.4 Å². The Morgan fingerprint density at radius 3 is 2.68 bits per heavy atom. The third kappa shape index (κ3) is 4.10. The smallest absolute Gasteiger partial charge is 0.294 e. The number of halogens is 1. The standard InChI is InChI=1S/C12H16ClN3O3/c1-7(2)3-4-15-12(17)8-5-9(13)11(14)10(6-8)16(18)19/h5-7H,3-4,14H2,1-2H3,(H,15,17). The van der Waals surface area contributed by atoms with E-state index < -0.39 is 10.8 Å². The number of nitro benzene ring substituents is 1. The monoisotopic (exact) mass is 285 g/mol. The van der Waals surface area contributed by atoms with Crippen LogP contribution in [-0.2, 0) is 0 Å². The first-order valence-electron chi connectivity index (χ1n) is 5.84. The number of nitrogens with zero attached hydrogens (tertiary/aromatic N) is 1. The first-order chi connectivity index (χ1) is 8.82. The van der Waals surface area contributed by atoms with Crippen LogP contribution in [0.4, 0.5) is 11.4 Å². The minimum atomic E-state index is -0.661. The van der Waals surface area contributed by atoms with Gasteiger partial charge in [-0.25, -0.2) is 0 Å². The van der Waals surface area contributed by atoms with Gasteiger partial charge in [0.05, 0.1) is 9.95 Å². The van der Waals surface area contributed by atoms with Gasteiger partial charge in [-0.05, 0) is 18.4 Å². The zero-order valence-electron chi connectivity index (χ0n) is 10.8. The van der Waals surface area contributed by atoms with Crippen molar-refractivity contribution in [2.24, 2.45) is 5.92 Å². The largest absolute Gasteiger partial charge is 0.392 e. The van der Waals surface area contributed by atoms with Crippen LogP contribution in [0.1, 0.15) is 30.6 Å². The molecule has 0 spiro atoms. The second-order valence-electron chi connectivity index (χ2n) is 4.59. The fraction of sp³-hybridized carbons (Fsp3) is 0.417. The number of rotatable bonds is 5. The maximum Gasteiger partial charge on any atom is 0.294 e. The summed E-state index contributed by atoms with van der Waals surface area (Å²) in [5, 5.41) is 13.5. The lowest BCUT2D eigenvalue weighted by Gasteiger charge is -2.08. The van der Waals surface area contributed by atoms with Crippen LogP contribution in [0.2, 0.25) is 5.02 Å². The van der Waals surface area contributed by atoms with Crippen molar-refractivity contribution in [3.05, 3.63) is 32.8 Å². The lowest BCUT2D eigenvalue weighted by atomic mass is 10.1. The van der Waals surface area contributed by atoms with Crippen molar-refractivity contribution in [2.45, 2.75) is 20.3 Å². The highest BCUT2D eigenvalue weighted by atomic mass is 35.5. The van der Waals surface area contributed by atoms with Gasteiger partial charge in [-0.3, -0.25) is 14.9 Å². The molecule has 0 saturated heterocycles. The molecule has 7 heteroatoms. The Morgan fingerprint density at radius 2 is 2.16 bits per heavy atom. The molecule has 3 N–H and O–H groups in total. The average Bonchev–Trinajstić information content (AvgIpc) is 2.31. The van der Waals surface area contributed by atoms with E-state index in [4.69, 9.17) is 17.3 Å². The average molecular weight is 286 g/mol. The number of hydrogen-bond donors (Lipinski definition) is 2. The van der Waals surface area contributed by atoms with Gasteiger partial charge >= 0.3 is 0 Å². The van der Waals surface area contributed by atoms with E-state index in [1.54, 1.807) is 0 Å². The zero-order chi connectivity index (χ0) is 14.6. The zero-order valence-corrected chi connectivity index (χ0v) is 11.5. The van der Waals surface area contributed by atoms with Crippen LogP contribution in [0.3, 0.4) is 0 Å². The second kappa shape index (κ2) is 6.38. The summed E-state index contributed by atoms with van der Waals surface area (Å²) in [6, 6.07) is 2.46. The van der Waals surface area contributed by atoms with E-state index in [9.17, 15) is 14.9 Å². The summed E-state index contributed by atoms with van der Waals surface area (Å²) in [5.74, 6) is 0.0651. The number of carbonyl (C=O) groups is 1. The van der Waals surface area contributed by atoms with E-state index in [1.807, 2.05) is 13.8 Å². The van der Waals surface area contributed by atoms with Gasteiger partial charge in [0, 0.05) is 18.2 Å². The van der Waals surface area contributed by atoms with E-state index in [2.05, 4.69) is 5.32 Å². The quantitative estimate of drug-likeness (QED) is 0.493. The number of anilines is 1. The Morgan fingerprint density at radius 1 is 1.53 bits per heavy atom. The summed E-state index contributed by atoms with van der Waals surface area (Å²) in [5.41, 5.74) is 5.13. The number of nitrogen functional groups attached to an aromatic ring is 1. The van der Waals surface area contributed by atoms with Gasteiger partial charge in [0.25, 0.3) is 11.6 Å². The van der Waals surface area contributed by atoms with E-state index in [1.165, 1.54) is 6.07 Å². The molecule has 1 aromatic rings. The molecule has 0 aromatic heterocycles. The highest BCUT2D eigenvalue weighted by molar-refractivity contribution is 6.34. The molecule has 0 atom stereocenters.